The molecule has 0 aliphatic carbocycles. The minimum atomic E-state index is -5.08. The summed E-state index contributed by atoms with van der Waals surface area (Å²) >= 11 is 0. The average molecular weight is 354 g/mol. The van der Waals surface area contributed by atoms with E-state index in [-0.39, 0.29) is 0 Å². The summed E-state index contributed by atoms with van der Waals surface area (Å²) in [4.78, 5) is 16.1. The van der Waals surface area contributed by atoms with Crippen LogP contribution in [0, 0.1) is 13.8 Å². The Bertz CT molecular complexity index is 754. The Morgan fingerprint density at radius 2 is 1.72 bits per heavy atom. The van der Waals surface area contributed by atoms with Crippen molar-refractivity contribution in [2.45, 2.75) is 39.3 Å². The smallest absolute Gasteiger partial charge is 0.475 e. The highest BCUT2D eigenvalue weighted by atomic mass is 19.4. The molecule has 1 aromatic heterocycles. The van der Waals surface area contributed by atoms with Crippen LogP contribution in [-0.4, -0.2) is 35.3 Å². The molecule has 1 N–H and O–H groups in total. The molecule has 136 valence electrons. The van der Waals surface area contributed by atoms with E-state index in [2.05, 4.69) is 43.0 Å². The first kappa shape index (κ1) is 19.0. The number of carboxylic acid groups (broad SMARTS) is 1. The van der Waals surface area contributed by atoms with Crippen LogP contribution >= 0.6 is 0 Å². The summed E-state index contributed by atoms with van der Waals surface area (Å²) in [5.41, 5.74) is 3.77. The van der Waals surface area contributed by atoms with Crippen molar-refractivity contribution in [2.24, 2.45) is 0 Å². The maximum Gasteiger partial charge on any atom is 0.490 e. The number of nitrogens with zero attached hydrogens (tertiary/aromatic N) is 2. The van der Waals surface area contributed by atoms with Gasteiger partial charge < -0.3 is 10.0 Å². The van der Waals surface area contributed by atoms with E-state index < -0.39 is 12.1 Å². The van der Waals surface area contributed by atoms with Crippen LogP contribution in [0.4, 0.5) is 19.0 Å². The molecule has 1 fully saturated rings. The van der Waals surface area contributed by atoms with Crippen molar-refractivity contribution in [3.05, 3.63) is 35.4 Å². The van der Waals surface area contributed by atoms with Gasteiger partial charge in [0.25, 0.3) is 0 Å². The summed E-state index contributed by atoms with van der Waals surface area (Å²) < 4.78 is 31.7. The fourth-order valence-corrected chi connectivity index (χ4v) is 2.78. The van der Waals surface area contributed by atoms with Crippen molar-refractivity contribution in [3.63, 3.8) is 0 Å². The second-order valence-corrected chi connectivity index (χ2v) is 6.17. The van der Waals surface area contributed by atoms with Gasteiger partial charge in [0.15, 0.2) is 0 Å². The molecule has 0 unspecified atom stereocenters. The number of anilines is 1. The van der Waals surface area contributed by atoms with Gasteiger partial charge >= 0.3 is 12.1 Å². The monoisotopic (exact) mass is 354 g/mol. The Hall–Kier alpha value is -2.31. The highest BCUT2D eigenvalue weighted by Gasteiger charge is 2.38. The number of hydrogen-bond donors (Lipinski definition) is 1. The van der Waals surface area contributed by atoms with E-state index in [0.717, 1.165) is 24.4 Å². The Labute approximate surface area is 144 Å². The lowest BCUT2D eigenvalue weighted by atomic mass is 10.1. The first-order valence-corrected chi connectivity index (χ1v) is 8.11. The van der Waals surface area contributed by atoms with Crippen LogP contribution in [0.15, 0.2) is 24.3 Å². The molecule has 1 aliphatic rings. The number of carboxylic acids is 1. The summed E-state index contributed by atoms with van der Waals surface area (Å²) in [7, 11) is 0. The number of aryl methyl sites for hydroxylation is 2. The second-order valence-electron chi connectivity index (χ2n) is 6.17. The number of benzene rings is 1. The van der Waals surface area contributed by atoms with E-state index in [1.165, 1.54) is 35.8 Å². The van der Waals surface area contributed by atoms with E-state index in [0.29, 0.717) is 0 Å². The fraction of sp³-hybridized carbons (Fsp3) is 0.444. The quantitative estimate of drug-likeness (QED) is 0.821. The molecule has 0 atom stereocenters. The molecule has 1 aromatic carbocycles. The third kappa shape index (κ3) is 5.08. The third-order valence-electron chi connectivity index (χ3n) is 4.08. The van der Waals surface area contributed by atoms with E-state index in [4.69, 9.17) is 14.9 Å². The average Bonchev–Trinajstić information content (AvgIpc) is 2.56. The van der Waals surface area contributed by atoms with Crippen LogP contribution < -0.4 is 4.90 Å². The number of halogens is 3. The lowest BCUT2D eigenvalue weighted by Crippen LogP contribution is -2.30. The van der Waals surface area contributed by atoms with Crippen molar-refractivity contribution in [2.75, 3.05) is 18.0 Å². The summed E-state index contributed by atoms with van der Waals surface area (Å²) in [5.74, 6) is -1.60. The van der Waals surface area contributed by atoms with Crippen LogP contribution in [0.25, 0.3) is 10.9 Å². The zero-order valence-corrected chi connectivity index (χ0v) is 14.2. The van der Waals surface area contributed by atoms with Gasteiger partial charge in [0.05, 0.1) is 5.52 Å². The van der Waals surface area contributed by atoms with E-state index >= 15 is 0 Å². The number of aliphatic carboxylic acids is 1. The zero-order chi connectivity index (χ0) is 18.6. The Morgan fingerprint density at radius 3 is 2.28 bits per heavy atom. The minimum Gasteiger partial charge on any atom is -0.475 e. The highest BCUT2D eigenvalue weighted by molar-refractivity contribution is 5.84. The van der Waals surface area contributed by atoms with E-state index in [1.54, 1.807) is 0 Å². The summed E-state index contributed by atoms with van der Waals surface area (Å²) in [6.45, 7) is 6.64. The molecule has 2 heterocycles. The van der Waals surface area contributed by atoms with E-state index in [1.807, 2.05) is 0 Å². The summed E-state index contributed by atoms with van der Waals surface area (Å²) in [6.07, 6.45) is -1.12. The molecule has 4 nitrogen and oxygen atoms in total. The van der Waals surface area contributed by atoms with Crippen molar-refractivity contribution >= 4 is 22.7 Å². The number of pyridine rings is 1. The summed E-state index contributed by atoms with van der Waals surface area (Å²) in [6, 6.07) is 8.77. The first-order chi connectivity index (χ1) is 11.7. The maximum atomic E-state index is 10.6. The van der Waals surface area contributed by atoms with Gasteiger partial charge in [-0.3, -0.25) is 0 Å². The molecule has 2 aromatic rings. The Morgan fingerprint density at radius 1 is 1.12 bits per heavy atom. The fourth-order valence-electron chi connectivity index (χ4n) is 2.78. The molecule has 0 spiro atoms. The standard InChI is InChI=1S/C16H20N2.C2HF3O2/c1-12-6-7-15-14(10-12)13(2)11-16(17-15)18-8-4-3-5-9-18;3-2(4,5)1(6)7/h6-7,10-11H,3-5,8-9H2,1-2H3;(H,6,7). The molecule has 1 saturated heterocycles. The molecule has 0 radical (unpaired) electrons. The molecule has 7 heteroatoms. The van der Waals surface area contributed by atoms with Gasteiger partial charge in [0.2, 0.25) is 0 Å². The van der Waals surface area contributed by atoms with Crippen LogP contribution in [-0.2, 0) is 4.79 Å². The van der Waals surface area contributed by atoms with Gasteiger partial charge in [-0.1, -0.05) is 11.6 Å². The van der Waals surface area contributed by atoms with Crippen molar-refractivity contribution in [1.82, 2.24) is 4.98 Å². The minimum absolute atomic E-state index is 1.13. The SMILES string of the molecule is Cc1ccc2nc(N3CCCCC3)cc(C)c2c1.O=C(O)C(F)(F)F. The predicted octanol–water partition coefficient (Wildman–Crippen LogP) is 4.48. The van der Waals surface area contributed by atoms with Gasteiger partial charge in [-0.15, -0.1) is 0 Å². The summed E-state index contributed by atoms with van der Waals surface area (Å²) in [5, 5.41) is 8.41. The topological polar surface area (TPSA) is 53.4 Å². The van der Waals surface area contributed by atoms with Crippen molar-refractivity contribution in [1.29, 1.82) is 0 Å². The van der Waals surface area contributed by atoms with Gasteiger partial charge in [-0.2, -0.15) is 13.2 Å². The molecule has 25 heavy (non-hydrogen) atoms. The number of carbonyl (C=O) groups is 1. The van der Waals surface area contributed by atoms with Gasteiger partial charge in [0.1, 0.15) is 5.82 Å². The lowest BCUT2D eigenvalue weighted by molar-refractivity contribution is -0.192. The number of alkyl halides is 3. The van der Waals surface area contributed by atoms with Crippen LogP contribution in [0.5, 0.6) is 0 Å². The van der Waals surface area contributed by atoms with Crippen LogP contribution in [0.2, 0.25) is 0 Å². The van der Waals surface area contributed by atoms with Gasteiger partial charge in [0, 0.05) is 18.5 Å². The van der Waals surface area contributed by atoms with Crippen molar-refractivity contribution < 1.29 is 23.1 Å². The number of rotatable bonds is 1. The third-order valence-corrected chi connectivity index (χ3v) is 4.08. The number of hydrogen-bond acceptors (Lipinski definition) is 3. The molecular formula is C18H21F3N2O2. The molecule has 0 bridgehead atoms. The first-order valence-electron chi connectivity index (χ1n) is 8.11. The van der Waals surface area contributed by atoms with Crippen LogP contribution in [0.3, 0.4) is 0 Å². The van der Waals surface area contributed by atoms with Gasteiger partial charge in [-0.05, 0) is 56.9 Å². The van der Waals surface area contributed by atoms with Gasteiger partial charge in [-0.25, -0.2) is 9.78 Å². The number of piperidine rings is 1. The van der Waals surface area contributed by atoms with E-state index in [9.17, 15) is 13.2 Å². The maximum absolute atomic E-state index is 10.6. The normalized spacial score (nSPS) is 14.8. The molecular weight excluding hydrogens is 333 g/mol. The lowest BCUT2D eigenvalue weighted by Gasteiger charge is -2.28. The predicted molar refractivity (Wildman–Crippen MR) is 91.0 cm³/mol. The second kappa shape index (κ2) is 7.72. The zero-order valence-electron chi connectivity index (χ0n) is 14.2. The largest absolute Gasteiger partial charge is 0.490 e. The Balaban J connectivity index is 0.000000277. The van der Waals surface area contributed by atoms with Crippen LogP contribution in [0.1, 0.15) is 30.4 Å². The number of fused-ring (bicyclic) bond motifs is 1. The number of aromatic nitrogens is 1. The molecule has 3 rings (SSSR count). The molecule has 0 saturated carbocycles. The molecule has 1 aliphatic heterocycles. The Kier molecular flexibility index (Phi) is 5.87. The van der Waals surface area contributed by atoms with Crippen molar-refractivity contribution in [3.8, 4) is 0 Å². The molecule has 0 amide bonds. The highest BCUT2D eigenvalue weighted by Crippen LogP contribution is 2.25.